The summed E-state index contributed by atoms with van der Waals surface area (Å²) in [4.78, 5) is 30.9. The number of hydrogen-bond acceptors (Lipinski definition) is 5. The first-order valence-corrected chi connectivity index (χ1v) is 8.55. The van der Waals surface area contributed by atoms with Crippen molar-refractivity contribution in [2.45, 2.75) is 51.7 Å². The minimum Gasteiger partial charge on any atom is -0.481 e. The molecule has 1 atom stereocenters. The first-order valence-electron chi connectivity index (χ1n) is 7.73. The van der Waals surface area contributed by atoms with Crippen LogP contribution in [0.5, 0.6) is 0 Å². The molecule has 2 aromatic heterocycles. The van der Waals surface area contributed by atoms with E-state index in [4.69, 9.17) is 4.74 Å². The summed E-state index contributed by atoms with van der Waals surface area (Å²) in [6, 6.07) is 0. The van der Waals surface area contributed by atoms with Gasteiger partial charge in [0.05, 0.1) is 11.3 Å². The Morgan fingerprint density at radius 2 is 2.26 bits per heavy atom. The van der Waals surface area contributed by atoms with Gasteiger partial charge in [-0.2, -0.15) is 0 Å². The molecule has 0 amide bonds. The van der Waals surface area contributed by atoms with Crippen molar-refractivity contribution in [2.24, 2.45) is 0 Å². The largest absolute Gasteiger partial charge is 0.481 e. The fourth-order valence-electron chi connectivity index (χ4n) is 3.27. The van der Waals surface area contributed by atoms with Crippen molar-refractivity contribution in [1.29, 1.82) is 0 Å². The maximum Gasteiger partial charge on any atom is 0.311 e. The lowest BCUT2D eigenvalue weighted by atomic mass is 9.86. The molecule has 6 nitrogen and oxygen atoms in total. The summed E-state index contributed by atoms with van der Waals surface area (Å²) in [5.41, 5.74) is 0.493. The average molecular weight is 336 g/mol. The molecule has 0 spiro atoms. The van der Waals surface area contributed by atoms with E-state index in [1.165, 1.54) is 23.0 Å². The van der Waals surface area contributed by atoms with Crippen LogP contribution in [0.4, 0.5) is 0 Å². The van der Waals surface area contributed by atoms with Gasteiger partial charge < -0.3 is 9.84 Å². The maximum absolute atomic E-state index is 13.0. The van der Waals surface area contributed by atoms with Crippen LogP contribution >= 0.6 is 11.3 Å². The van der Waals surface area contributed by atoms with Gasteiger partial charge in [-0.3, -0.25) is 14.2 Å². The lowest BCUT2D eigenvalue weighted by Gasteiger charge is -2.19. The number of ether oxygens (including phenoxy) is 1. The third-order valence-corrected chi connectivity index (χ3v) is 5.43. The van der Waals surface area contributed by atoms with E-state index in [0.29, 0.717) is 28.0 Å². The smallest absolute Gasteiger partial charge is 0.311 e. The molecule has 1 unspecified atom stereocenters. The molecule has 7 heteroatoms. The normalized spacial score (nSPS) is 17.7. The lowest BCUT2D eigenvalue weighted by Crippen LogP contribution is -2.28. The van der Waals surface area contributed by atoms with Gasteiger partial charge in [0.2, 0.25) is 0 Å². The number of aromatic nitrogens is 2. The van der Waals surface area contributed by atoms with Gasteiger partial charge in [0.1, 0.15) is 17.4 Å². The van der Waals surface area contributed by atoms with E-state index in [2.05, 4.69) is 4.98 Å². The predicted molar refractivity (Wildman–Crippen MR) is 88.3 cm³/mol. The fourth-order valence-corrected chi connectivity index (χ4v) is 4.55. The van der Waals surface area contributed by atoms with E-state index in [0.717, 1.165) is 17.7 Å². The first kappa shape index (κ1) is 16.1. The molecular weight excluding hydrogens is 316 g/mol. The number of carboxylic acid groups (broad SMARTS) is 1. The van der Waals surface area contributed by atoms with E-state index in [-0.39, 0.29) is 18.2 Å². The summed E-state index contributed by atoms with van der Waals surface area (Å²) in [5, 5.41) is 9.99. The number of carbonyl (C=O) groups is 1. The van der Waals surface area contributed by atoms with E-state index >= 15 is 0 Å². The average Bonchev–Trinajstić information content (AvgIpc) is 2.88. The molecule has 0 aromatic carbocycles. The van der Waals surface area contributed by atoms with Crippen molar-refractivity contribution >= 4 is 27.5 Å². The summed E-state index contributed by atoms with van der Waals surface area (Å²) in [6.45, 7) is 4.08. The quantitative estimate of drug-likeness (QED) is 0.928. The highest BCUT2D eigenvalue weighted by molar-refractivity contribution is 7.18. The molecule has 0 radical (unpaired) electrons. The molecule has 2 aromatic rings. The Bertz CT molecular complexity index is 822. The Morgan fingerprint density at radius 1 is 1.52 bits per heavy atom. The molecule has 0 saturated carbocycles. The van der Waals surface area contributed by atoms with Gasteiger partial charge in [0.25, 0.3) is 5.56 Å². The minimum atomic E-state index is -0.865. The molecule has 2 heterocycles. The van der Waals surface area contributed by atoms with E-state index in [1.807, 2.05) is 13.8 Å². The molecule has 0 aliphatic heterocycles. The van der Waals surface area contributed by atoms with E-state index < -0.39 is 11.9 Å². The van der Waals surface area contributed by atoms with Gasteiger partial charge in [-0.05, 0) is 24.8 Å². The van der Waals surface area contributed by atoms with Crippen molar-refractivity contribution < 1.29 is 14.6 Å². The molecule has 124 valence electrons. The van der Waals surface area contributed by atoms with Gasteiger partial charge in [-0.25, -0.2) is 4.98 Å². The van der Waals surface area contributed by atoms with Crippen LogP contribution in [0.1, 0.15) is 54.8 Å². The van der Waals surface area contributed by atoms with Crippen LogP contribution < -0.4 is 5.56 Å². The fraction of sp³-hybridized carbons (Fsp3) is 0.562. The van der Waals surface area contributed by atoms with Crippen LogP contribution in [-0.4, -0.2) is 27.7 Å². The summed E-state index contributed by atoms with van der Waals surface area (Å²) >= 11 is 1.46. The maximum atomic E-state index is 13.0. The zero-order chi connectivity index (χ0) is 16.7. The number of hydrogen-bond donors (Lipinski definition) is 1. The van der Waals surface area contributed by atoms with Gasteiger partial charge in [-0.15, -0.1) is 11.3 Å². The van der Waals surface area contributed by atoms with Crippen LogP contribution in [0.25, 0.3) is 10.2 Å². The van der Waals surface area contributed by atoms with Crippen molar-refractivity contribution in [2.75, 3.05) is 7.11 Å². The van der Waals surface area contributed by atoms with Gasteiger partial charge in [-0.1, -0.05) is 13.8 Å². The molecular formula is C16H20N2O4S. The zero-order valence-corrected chi connectivity index (χ0v) is 14.3. The molecule has 1 aliphatic carbocycles. The third-order valence-electron chi connectivity index (χ3n) is 4.27. The number of methoxy groups -OCH3 is 1. The Balaban J connectivity index is 2.35. The number of carboxylic acids is 1. The van der Waals surface area contributed by atoms with Crippen molar-refractivity contribution in [1.82, 2.24) is 9.55 Å². The molecule has 1 aliphatic rings. The molecule has 23 heavy (non-hydrogen) atoms. The zero-order valence-electron chi connectivity index (χ0n) is 13.5. The highest BCUT2D eigenvalue weighted by Crippen LogP contribution is 2.40. The van der Waals surface area contributed by atoms with Gasteiger partial charge in [0.15, 0.2) is 0 Å². The number of thiophene rings is 1. The summed E-state index contributed by atoms with van der Waals surface area (Å²) in [5.74, 6) is -0.717. The van der Waals surface area contributed by atoms with Crippen molar-refractivity contribution in [3.05, 3.63) is 26.6 Å². The molecule has 0 fully saturated rings. The predicted octanol–water partition coefficient (Wildman–Crippen LogP) is 2.69. The van der Waals surface area contributed by atoms with Gasteiger partial charge in [0, 0.05) is 17.9 Å². The molecule has 1 N–H and O–H groups in total. The number of rotatable bonds is 4. The lowest BCUT2D eigenvalue weighted by molar-refractivity contribution is -0.139. The molecule has 0 bridgehead atoms. The van der Waals surface area contributed by atoms with Crippen LogP contribution in [0.2, 0.25) is 0 Å². The van der Waals surface area contributed by atoms with Crippen LogP contribution in [0, 0.1) is 0 Å². The van der Waals surface area contributed by atoms with Crippen molar-refractivity contribution in [3.8, 4) is 0 Å². The van der Waals surface area contributed by atoms with Crippen LogP contribution in [0.15, 0.2) is 4.79 Å². The summed E-state index contributed by atoms with van der Waals surface area (Å²) in [6.07, 6.45) is 2.23. The van der Waals surface area contributed by atoms with Crippen molar-refractivity contribution in [3.63, 3.8) is 0 Å². The second kappa shape index (κ2) is 6.05. The standard InChI is InChI=1S/C16H20N2O4S/c1-8(2)13-17-14-12(15(19)18(13)7-22-3)11-9(16(20)21)5-4-6-10(11)23-14/h8-9H,4-7H2,1-3H3,(H,20,21). The minimum absolute atomic E-state index is 0.0802. The number of aliphatic carboxylic acids is 1. The monoisotopic (exact) mass is 336 g/mol. The Labute approximate surface area is 137 Å². The highest BCUT2D eigenvalue weighted by atomic mass is 32.1. The highest BCUT2D eigenvalue weighted by Gasteiger charge is 2.32. The third kappa shape index (κ3) is 2.57. The second-order valence-corrected chi connectivity index (χ2v) is 7.26. The number of fused-ring (bicyclic) bond motifs is 3. The Kier molecular flexibility index (Phi) is 4.25. The van der Waals surface area contributed by atoms with E-state index in [9.17, 15) is 14.7 Å². The first-order chi connectivity index (χ1) is 11.0. The number of nitrogens with zero attached hydrogens (tertiary/aromatic N) is 2. The van der Waals surface area contributed by atoms with Crippen LogP contribution in [0.3, 0.4) is 0 Å². The SMILES string of the molecule is COCn1c(C(C)C)nc2sc3c(c2c1=O)C(C(=O)O)CCC3. The van der Waals surface area contributed by atoms with Gasteiger partial charge >= 0.3 is 5.97 Å². The number of aryl methyl sites for hydroxylation is 1. The second-order valence-electron chi connectivity index (χ2n) is 6.18. The Morgan fingerprint density at radius 3 is 2.87 bits per heavy atom. The molecule has 0 saturated heterocycles. The Hall–Kier alpha value is -1.73. The van der Waals surface area contributed by atoms with E-state index in [1.54, 1.807) is 0 Å². The van der Waals surface area contributed by atoms with Crippen LogP contribution in [-0.2, 0) is 22.7 Å². The molecule has 3 rings (SSSR count). The summed E-state index contributed by atoms with van der Waals surface area (Å²) < 4.78 is 6.67. The topological polar surface area (TPSA) is 81.4 Å². The summed E-state index contributed by atoms with van der Waals surface area (Å²) in [7, 11) is 1.53.